The summed E-state index contributed by atoms with van der Waals surface area (Å²) in [6.07, 6.45) is 0.740. The highest BCUT2D eigenvalue weighted by molar-refractivity contribution is 5.20. The van der Waals surface area contributed by atoms with E-state index in [0.717, 1.165) is 13.0 Å². The Hall–Kier alpha value is -0.930. The fraction of sp³-hybridized carbons (Fsp3) is 0.571. The summed E-state index contributed by atoms with van der Waals surface area (Å²) in [5.74, 6) is -0.174. The van der Waals surface area contributed by atoms with Crippen molar-refractivity contribution >= 4 is 0 Å². The molecule has 2 N–H and O–H groups in total. The van der Waals surface area contributed by atoms with Gasteiger partial charge in [0.1, 0.15) is 5.82 Å². The molecule has 0 saturated carbocycles. The number of aliphatic hydroxyl groups is 1. The van der Waals surface area contributed by atoms with Crippen LogP contribution in [-0.4, -0.2) is 18.3 Å². The molecule has 0 aliphatic carbocycles. The molecule has 0 heterocycles. The van der Waals surface area contributed by atoms with E-state index in [4.69, 9.17) is 5.11 Å². The predicted molar refractivity (Wildman–Crippen MR) is 68.3 cm³/mol. The predicted octanol–water partition coefficient (Wildman–Crippen LogP) is 2.88. The Morgan fingerprint density at radius 1 is 1.35 bits per heavy atom. The third-order valence-corrected chi connectivity index (χ3v) is 3.05. The highest BCUT2D eigenvalue weighted by atomic mass is 19.1. The summed E-state index contributed by atoms with van der Waals surface area (Å²) >= 11 is 0. The number of halogens is 1. The van der Waals surface area contributed by atoms with Crippen LogP contribution < -0.4 is 5.32 Å². The maximum Gasteiger partial charge on any atom is 0.127 e. The zero-order valence-electron chi connectivity index (χ0n) is 10.8. The van der Waals surface area contributed by atoms with Crippen LogP contribution in [0, 0.1) is 11.2 Å². The Balaban J connectivity index is 2.56. The molecule has 0 radical (unpaired) electrons. The molecule has 0 aromatic heterocycles. The van der Waals surface area contributed by atoms with Crippen LogP contribution in [0.1, 0.15) is 38.8 Å². The fourth-order valence-electron chi connectivity index (χ4n) is 1.76. The van der Waals surface area contributed by atoms with E-state index in [2.05, 4.69) is 19.2 Å². The summed E-state index contributed by atoms with van der Waals surface area (Å²) < 4.78 is 13.5. The molecule has 1 atom stereocenters. The Bertz CT molecular complexity index is 352. The van der Waals surface area contributed by atoms with E-state index in [-0.39, 0.29) is 23.9 Å². The summed E-state index contributed by atoms with van der Waals surface area (Å²) in [5, 5.41) is 12.3. The first kappa shape index (κ1) is 14.1. The van der Waals surface area contributed by atoms with Crippen LogP contribution in [0.15, 0.2) is 24.3 Å². The van der Waals surface area contributed by atoms with Gasteiger partial charge in [0.15, 0.2) is 0 Å². The standard InChI is InChI=1S/C14H22FNO/c1-11(12-6-4-5-7-13(12)15)16-10-14(2,3)8-9-17/h4-7,11,16-17H,8-10H2,1-3H3. The maximum atomic E-state index is 13.5. The van der Waals surface area contributed by atoms with Gasteiger partial charge in [-0.05, 0) is 24.8 Å². The fourth-order valence-corrected chi connectivity index (χ4v) is 1.76. The van der Waals surface area contributed by atoms with Gasteiger partial charge in [-0.15, -0.1) is 0 Å². The average Bonchev–Trinajstić information content (AvgIpc) is 2.27. The molecule has 1 rings (SSSR count). The third-order valence-electron chi connectivity index (χ3n) is 3.05. The van der Waals surface area contributed by atoms with E-state index in [1.807, 2.05) is 13.0 Å². The zero-order chi connectivity index (χ0) is 12.9. The lowest BCUT2D eigenvalue weighted by Gasteiger charge is -2.26. The number of nitrogens with one attached hydrogen (secondary N) is 1. The maximum absolute atomic E-state index is 13.5. The first-order chi connectivity index (χ1) is 7.96. The first-order valence-electron chi connectivity index (χ1n) is 6.05. The Morgan fingerprint density at radius 3 is 2.59 bits per heavy atom. The van der Waals surface area contributed by atoms with E-state index in [9.17, 15) is 4.39 Å². The molecule has 0 aliphatic rings. The van der Waals surface area contributed by atoms with Gasteiger partial charge < -0.3 is 10.4 Å². The minimum atomic E-state index is -0.174. The van der Waals surface area contributed by atoms with Crippen molar-refractivity contribution in [3.63, 3.8) is 0 Å². The lowest BCUT2D eigenvalue weighted by atomic mass is 9.89. The van der Waals surface area contributed by atoms with E-state index >= 15 is 0 Å². The number of hydrogen-bond donors (Lipinski definition) is 2. The summed E-state index contributed by atoms with van der Waals surface area (Å²) in [6, 6.07) is 6.80. The van der Waals surface area contributed by atoms with E-state index in [1.54, 1.807) is 12.1 Å². The molecule has 1 aromatic rings. The number of hydrogen-bond acceptors (Lipinski definition) is 2. The van der Waals surface area contributed by atoms with E-state index in [1.165, 1.54) is 6.07 Å². The topological polar surface area (TPSA) is 32.3 Å². The Kier molecular flexibility index (Phi) is 5.09. The van der Waals surface area contributed by atoms with Gasteiger partial charge in [0.25, 0.3) is 0 Å². The molecular weight excluding hydrogens is 217 g/mol. The first-order valence-corrected chi connectivity index (χ1v) is 6.05. The molecule has 2 nitrogen and oxygen atoms in total. The van der Waals surface area contributed by atoms with E-state index in [0.29, 0.717) is 5.56 Å². The van der Waals surface area contributed by atoms with Crippen LogP contribution in [0.3, 0.4) is 0 Å². The highest BCUT2D eigenvalue weighted by Crippen LogP contribution is 2.21. The summed E-state index contributed by atoms with van der Waals surface area (Å²) in [4.78, 5) is 0. The molecule has 0 aliphatic heterocycles. The van der Waals surface area contributed by atoms with Gasteiger partial charge in [-0.3, -0.25) is 0 Å². The SMILES string of the molecule is CC(NCC(C)(C)CCO)c1ccccc1F. The second-order valence-corrected chi connectivity index (χ2v) is 5.26. The summed E-state index contributed by atoms with van der Waals surface area (Å²) in [7, 11) is 0. The van der Waals surface area contributed by atoms with Gasteiger partial charge in [0, 0.05) is 24.8 Å². The Morgan fingerprint density at radius 2 is 2.00 bits per heavy atom. The van der Waals surface area contributed by atoms with Crippen LogP contribution in [0.5, 0.6) is 0 Å². The molecule has 96 valence electrons. The number of rotatable bonds is 6. The van der Waals surface area contributed by atoms with Gasteiger partial charge in [-0.1, -0.05) is 32.0 Å². The molecule has 0 bridgehead atoms. The van der Waals surface area contributed by atoms with Crippen molar-refractivity contribution in [2.75, 3.05) is 13.2 Å². The van der Waals surface area contributed by atoms with Crippen LogP contribution in [-0.2, 0) is 0 Å². The van der Waals surface area contributed by atoms with Crippen molar-refractivity contribution < 1.29 is 9.50 Å². The third kappa shape index (κ3) is 4.44. The van der Waals surface area contributed by atoms with Crippen LogP contribution in [0.25, 0.3) is 0 Å². The molecule has 1 aromatic carbocycles. The van der Waals surface area contributed by atoms with Crippen LogP contribution in [0.2, 0.25) is 0 Å². The van der Waals surface area contributed by atoms with Crippen LogP contribution >= 0.6 is 0 Å². The molecular formula is C14H22FNO. The molecule has 0 spiro atoms. The van der Waals surface area contributed by atoms with Crippen molar-refractivity contribution in [3.8, 4) is 0 Å². The average molecular weight is 239 g/mol. The lowest BCUT2D eigenvalue weighted by Crippen LogP contribution is -2.32. The monoisotopic (exact) mass is 239 g/mol. The number of aliphatic hydroxyl groups excluding tert-OH is 1. The lowest BCUT2D eigenvalue weighted by molar-refractivity contribution is 0.203. The van der Waals surface area contributed by atoms with Crippen molar-refractivity contribution in [1.29, 1.82) is 0 Å². The van der Waals surface area contributed by atoms with Crippen molar-refractivity contribution in [2.24, 2.45) is 5.41 Å². The van der Waals surface area contributed by atoms with Crippen molar-refractivity contribution in [2.45, 2.75) is 33.2 Å². The molecule has 0 fully saturated rings. The smallest absolute Gasteiger partial charge is 0.127 e. The summed E-state index contributed by atoms with van der Waals surface area (Å²) in [6.45, 7) is 7.06. The quantitative estimate of drug-likeness (QED) is 0.800. The zero-order valence-corrected chi connectivity index (χ0v) is 10.8. The van der Waals surface area contributed by atoms with Gasteiger partial charge in [0.2, 0.25) is 0 Å². The van der Waals surface area contributed by atoms with Gasteiger partial charge >= 0.3 is 0 Å². The second-order valence-electron chi connectivity index (χ2n) is 5.26. The largest absolute Gasteiger partial charge is 0.396 e. The van der Waals surface area contributed by atoms with Crippen molar-refractivity contribution in [1.82, 2.24) is 5.32 Å². The molecule has 3 heteroatoms. The minimum Gasteiger partial charge on any atom is -0.396 e. The molecule has 17 heavy (non-hydrogen) atoms. The highest BCUT2D eigenvalue weighted by Gasteiger charge is 2.19. The van der Waals surface area contributed by atoms with E-state index < -0.39 is 0 Å². The second kappa shape index (κ2) is 6.12. The molecule has 1 unspecified atom stereocenters. The normalized spacial score (nSPS) is 13.7. The van der Waals surface area contributed by atoms with Crippen LogP contribution in [0.4, 0.5) is 4.39 Å². The van der Waals surface area contributed by atoms with Crippen molar-refractivity contribution in [3.05, 3.63) is 35.6 Å². The Labute approximate surface area is 103 Å². The van der Waals surface area contributed by atoms with Gasteiger partial charge in [-0.2, -0.15) is 0 Å². The summed E-state index contributed by atoms with van der Waals surface area (Å²) in [5.41, 5.74) is 0.709. The minimum absolute atomic E-state index is 0.0193. The number of benzene rings is 1. The van der Waals surface area contributed by atoms with Gasteiger partial charge in [-0.25, -0.2) is 4.39 Å². The molecule has 0 saturated heterocycles. The van der Waals surface area contributed by atoms with Gasteiger partial charge in [0.05, 0.1) is 0 Å². The molecule has 0 amide bonds.